The normalized spacial score (nSPS) is 17.7. The van der Waals surface area contributed by atoms with Gasteiger partial charge in [0, 0.05) is 7.13 Å². The molecule has 3 nitrogen and oxygen atoms in total. The molecule has 0 saturated heterocycles. The van der Waals surface area contributed by atoms with Crippen LogP contribution in [0.2, 0.25) is 0 Å². The number of hydrogen-bond acceptors (Lipinski definition) is 3. The van der Waals surface area contributed by atoms with Crippen LogP contribution in [0.3, 0.4) is 0 Å². The van der Waals surface area contributed by atoms with Crippen LogP contribution in [0.5, 0.6) is 0 Å². The summed E-state index contributed by atoms with van der Waals surface area (Å²) >= 11 is 3.35. The monoisotopic (exact) mass is 146 g/mol. The van der Waals surface area contributed by atoms with Gasteiger partial charge in [-0.15, -0.1) is 0 Å². The van der Waals surface area contributed by atoms with Crippen molar-refractivity contribution in [2.24, 2.45) is 0 Å². The summed E-state index contributed by atoms with van der Waals surface area (Å²) in [7, 11) is -4.08. The summed E-state index contributed by atoms with van der Waals surface area (Å²) in [5.41, 5.74) is 0. The van der Waals surface area contributed by atoms with E-state index in [1.165, 1.54) is 0 Å². The van der Waals surface area contributed by atoms with Crippen molar-refractivity contribution in [3.8, 4) is 0 Å². The molecule has 6 heteroatoms. The topological polar surface area (TPSA) is 60.4 Å². The Hall–Kier alpha value is 1.29. The minimum absolute atomic E-state index is 0. The van der Waals surface area contributed by atoms with Gasteiger partial charge in [0.2, 0.25) is 0 Å². The Kier molecular flexibility index (Phi) is 5.69. The van der Waals surface area contributed by atoms with Crippen molar-refractivity contribution >= 4 is 20.2 Å². The van der Waals surface area contributed by atoms with E-state index in [1.54, 1.807) is 0 Å². The summed E-state index contributed by atoms with van der Waals surface area (Å²) in [6.45, 7) is 0. The Morgan fingerprint density at radius 1 is 2.00 bits per heavy atom. The second-order valence-corrected chi connectivity index (χ2v) is 2.55. The third-order valence-electron chi connectivity index (χ3n) is 0. The average molecular weight is 146 g/mol. The van der Waals surface area contributed by atoms with Crippen LogP contribution in [0, 0.1) is 0 Å². The van der Waals surface area contributed by atoms with Gasteiger partial charge in [-0.1, -0.05) is 0 Å². The van der Waals surface area contributed by atoms with Gasteiger partial charge in [0.1, 0.15) is 0 Å². The van der Waals surface area contributed by atoms with Gasteiger partial charge in [-0.2, -0.15) is 0 Å². The molecule has 0 spiro atoms. The molecule has 0 bridgehead atoms. The van der Waals surface area contributed by atoms with E-state index in [2.05, 4.69) is 11.2 Å². The van der Waals surface area contributed by atoms with E-state index in [1.807, 2.05) is 0 Å². The van der Waals surface area contributed by atoms with Crippen LogP contribution < -0.4 is 29.6 Å². The predicted molar refractivity (Wildman–Crippen MR) is 29.5 cm³/mol. The molecule has 6 heavy (non-hydrogen) atoms. The van der Waals surface area contributed by atoms with E-state index in [-0.39, 0.29) is 36.7 Å². The molecule has 0 aromatic rings. The second kappa shape index (κ2) is 3.31. The predicted octanol–water partition coefficient (Wildman–Crippen LogP) is -2.43. The largest absolute Gasteiger partial charge is 1.00 e. The van der Waals surface area contributed by atoms with Gasteiger partial charge in [-0.05, 0) is 11.2 Å². The molecule has 1 unspecified atom stereocenters. The number of hydrogen-bond donors (Lipinski definition) is 1. The van der Waals surface area contributed by atoms with Gasteiger partial charge in [0.05, 0.1) is 9.05 Å². The third-order valence-corrected chi connectivity index (χ3v) is 0. The Bertz CT molecular complexity index is 103. The molecule has 0 aliphatic rings. The van der Waals surface area contributed by atoms with Crippen LogP contribution in [0.1, 0.15) is 7.13 Å². The average Bonchev–Trinajstić information content (AvgIpc) is 0.722. The Morgan fingerprint density at radius 2 is 2.00 bits per heavy atom. The van der Waals surface area contributed by atoms with Crippen molar-refractivity contribution in [3.63, 3.8) is 0 Å². The van der Waals surface area contributed by atoms with E-state index in [9.17, 15) is 0 Å². The van der Waals surface area contributed by atoms with Gasteiger partial charge in [-0.25, -0.2) is 4.21 Å². The fourth-order valence-corrected chi connectivity index (χ4v) is 0. The molecule has 0 heterocycles. The molecule has 0 amide bonds. The maximum atomic E-state index is 9.00. The first-order valence-corrected chi connectivity index (χ1v) is 3.05. The summed E-state index contributed by atoms with van der Waals surface area (Å²) in [6.07, 6.45) is 0. The molecule has 0 saturated carbocycles. The molecule has 0 aliphatic heterocycles. The molecule has 0 aromatic heterocycles. The standard InChI is InChI=1S/Na.H2O3S2.5H2/c;1-5(2,3)4;;;;;/h;(H2,1,2,3,4);5*1H/q+1;;;;;;/p-1. The van der Waals surface area contributed by atoms with E-state index in [0.717, 1.165) is 0 Å². The van der Waals surface area contributed by atoms with E-state index in [0.29, 0.717) is 0 Å². The molecule has 0 radical (unpaired) electrons. The zero-order valence-electron chi connectivity index (χ0n) is 3.08. The van der Waals surface area contributed by atoms with Crippen molar-refractivity contribution < 1.29 is 50.0 Å². The quantitative estimate of drug-likeness (QED) is 0.386. The molecule has 0 aromatic carbocycles. The molecule has 42 valence electrons. The van der Waals surface area contributed by atoms with Crippen molar-refractivity contribution in [2.75, 3.05) is 0 Å². The first-order chi connectivity index (χ1) is 2.00. The van der Waals surface area contributed by atoms with Crippen LogP contribution >= 0.6 is 0 Å². The van der Waals surface area contributed by atoms with Crippen molar-refractivity contribution in [1.29, 1.82) is 0 Å². The van der Waals surface area contributed by atoms with Gasteiger partial charge >= 0.3 is 29.6 Å². The van der Waals surface area contributed by atoms with Gasteiger partial charge in [0.15, 0.2) is 0 Å². The van der Waals surface area contributed by atoms with Crippen molar-refractivity contribution in [1.82, 2.24) is 0 Å². The number of rotatable bonds is 0. The van der Waals surface area contributed by atoms with E-state index in [4.69, 9.17) is 13.3 Å². The van der Waals surface area contributed by atoms with Crippen LogP contribution in [-0.4, -0.2) is 13.3 Å². The van der Waals surface area contributed by atoms with Gasteiger partial charge in [-0.3, -0.25) is 0 Å². The van der Waals surface area contributed by atoms with Crippen LogP contribution in [-0.2, 0) is 20.2 Å². The third kappa shape index (κ3) is 58.5. The molecular formula is H11NaO3S2. The van der Waals surface area contributed by atoms with Crippen LogP contribution in [0.15, 0.2) is 0 Å². The summed E-state index contributed by atoms with van der Waals surface area (Å²) in [5, 5.41) is 0. The Labute approximate surface area is 70.2 Å². The van der Waals surface area contributed by atoms with Gasteiger partial charge in [0.25, 0.3) is 0 Å². The Morgan fingerprint density at radius 3 is 2.00 bits per heavy atom. The molecule has 0 fully saturated rings. The molecule has 0 aliphatic carbocycles. The zero-order valence-corrected chi connectivity index (χ0v) is 6.71. The fourth-order valence-electron chi connectivity index (χ4n) is 0. The van der Waals surface area contributed by atoms with Crippen LogP contribution in [0.25, 0.3) is 0 Å². The SMILES string of the molecule is O=S([O-])(O)=S.[HH].[HH].[HH].[HH].[HH].[Na+]. The fraction of sp³-hybridized carbons (Fsp3) is 0. The summed E-state index contributed by atoms with van der Waals surface area (Å²) < 4.78 is 25.3. The maximum absolute atomic E-state index is 9.00. The zero-order chi connectivity index (χ0) is 4.50. The summed E-state index contributed by atoms with van der Waals surface area (Å²) in [5.74, 6) is 0. The van der Waals surface area contributed by atoms with Crippen LogP contribution in [0.4, 0.5) is 0 Å². The molecule has 0 rings (SSSR count). The molecule has 1 N–H and O–H groups in total. The summed E-state index contributed by atoms with van der Waals surface area (Å²) in [6, 6.07) is 0. The first-order valence-electron chi connectivity index (χ1n) is 0.683. The van der Waals surface area contributed by atoms with Crippen molar-refractivity contribution in [2.45, 2.75) is 0 Å². The summed E-state index contributed by atoms with van der Waals surface area (Å²) in [4.78, 5) is 0. The maximum Gasteiger partial charge on any atom is 1.00 e. The minimum atomic E-state index is -4.08. The van der Waals surface area contributed by atoms with Gasteiger partial charge < -0.3 is 9.11 Å². The second-order valence-electron chi connectivity index (χ2n) is 0.428. The van der Waals surface area contributed by atoms with Crippen molar-refractivity contribution in [3.05, 3.63) is 0 Å². The van der Waals surface area contributed by atoms with E-state index >= 15 is 0 Å². The Balaban J connectivity index is -0.00000000533. The molecule has 1 atom stereocenters. The first kappa shape index (κ1) is 10.3. The van der Waals surface area contributed by atoms with E-state index < -0.39 is 9.05 Å². The molecular weight excluding hydrogens is 135 g/mol. The smallest absolute Gasteiger partial charge is 0.748 e. The minimum Gasteiger partial charge on any atom is -0.748 e.